The molecule has 0 saturated heterocycles. The molecule has 2 heterocycles. The molecule has 1 aromatic carbocycles. The predicted molar refractivity (Wildman–Crippen MR) is 88.3 cm³/mol. The third-order valence-corrected chi connectivity index (χ3v) is 4.98. The first-order valence-electron chi connectivity index (χ1n) is 7.73. The number of hydrogen-bond donors (Lipinski definition) is 0. The van der Waals surface area contributed by atoms with Gasteiger partial charge in [0.2, 0.25) is 0 Å². The van der Waals surface area contributed by atoms with Crippen LogP contribution in [0.4, 0.5) is 0 Å². The smallest absolute Gasteiger partial charge is 0.154 e. The molecule has 0 aliphatic heterocycles. The fourth-order valence-electron chi connectivity index (χ4n) is 3.39. The van der Waals surface area contributed by atoms with Crippen molar-refractivity contribution in [3.05, 3.63) is 65.0 Å². The van der Waals surface area contributed by atoms with E-state index in [1.165, 1.54) is 30.4 Å². The van der Waals surface area contributed by atoms with Crippen molar-refractivity contribution < 1.29 is 0 Å². The summed E-state index contributed by atoms with van der Waals surface area (Å²) in [6.45, 7) is 2.13. The molecule has 1 aliphatic rings. The maximum atomic E-state index is 6.11. The summed E-state index contributed by atoms with van der Waals surface area (Å²) in [5, 5.41) is 0.525. The average molecular weight is 312 g/mol. The van der Waals surface area contributed by atoms with Crippen LogP contribution in [0.2, 0.25) is 5.15 Å². The molecule has 0 unspecified atom stereocenters. The van der Waals surface area contributed by atoms with E-state index in [-0.39, 0.29) is 0 Å². The summed E-state index contributed by atoms with van der Waals surface area (Å²) in [5.41, 5.74) is 3.67. The number of imidazole rings is 1. The maximum absolute atomic E-state index is 6.11. The van der Waals surface area contributed by atoms with E-state index in [2.05, 4.69) is 45.6 Å². The number of aryl methyl sites for hydroxylation is 1. The highest BCUT2D eigenvalue weighted by Crippen LogP contribution is 2.43. The van der Waals surface area contributed by atoms with Crippen molar-refractivity contribution in [2.75, 3.05) is 0 Å². The van der Waals surface area contributed by atoms with Crippen LogP contribution in [0.3, 0.4) is 0 Å². The zero-order valence-electron chi connectivity index (χ0n) is 12.5. The molecule has 1 aliphatic carbocycles. The predicted octanol–water partition coefficient (Wildman–Crippen LogP) is 4.43. The van der Waals surface area contributed by atoms with Crippen molar-refractivity contribution in [2.45, 2.75) is 32.1 Å². The second kappa shape index (κ2) is 5.40. The highest BCUT2D eigenvalue weighted by atomic mass is 35.5. The molecule has 4 heteroatoms. The molecule has 0 N–H and O–H groups in total. The molecule has 4 rings (SSSR count). The van der Waals surface area contributed by atoms with Gasteiger partial charge in [-0.3, -0.25) is 4.40 Å². The first-order valence-corrected chi connectivity index (χ1v) is 8.11. The molecule has 0 bridgehead atoms. The Morgan fingerprint density at radius 3 is 2.73 bits per heavy atom. The average Bonchev–Trinajstić information content (AvgIpc) is 2.89. The van der Waals surface area contributed by atoms with E-state index < -0.39 is 0 Å². The first-order chi connectivity index (χ1) is 10.7. The van der Waals surface area contributed by atoms with Gasteiger partial charge in [-0.25, -0.2) is 9.97 Å². The van der Waals surface area contributed by atoms with Crippen LogP contribution in [0.5, 0.6) is 0 Å². The zero-order chi connectivity index (χ0) is 15.1. The zero-order valence-corrected chi connectivity index (χ0v) is 13.3. The molecular formula is C18H18ClN3. The molecule has 0 radical (unpaired) electrons. The van der Waals surface area contributed by atoms with Gasteiger partial charge >= 0.3 is 0 Å². The Morgan fingerprint density at radius 2 is 1.95 bits per heavy atom. The lowest BCUT2D eigenvalue weighted by Crippen LogP contribution is -2.25. The molecule has 0 atom stereocenters. The van der Waals surface area contributed by atoms with Crippen LogP contribution >= 0.6 is 11.6 Å². The molecule has 1 fully saturated rings. The van der Waals surface area contributed by atoms with Crippen molar-refractivity contribution in [1.82, 2.24) is 14.4 Å². The number of benzene rings is 1. The van der Waals surface area contributed by atoms with Crippen LogP contribution in [0.25, 0.3) is 5.52 Å². The normalized spacial score (nSPS) is 21.0. The summed E-state index contributed by atoms with van der Waals surface area (Å²) in [4.78, 5) is 8.68. The summed E-state index contributed by atoms with van der Waals surface area (Å²) >= 11 is 6.11. The van der Waals surface area contributed by atoms with Gasteiger partial charge in [-0.05, 0) is 37.7 Å². The Labute approximate surface area is 135 Å². The molecule has 0 amide bonds. The second-order valence-corrected chi connectivity index (χ2v) is 6.67. The molecule has 2 aromatic heterocycles. The lowest BCUT2D eigenvalue weighted by molar-refractivity contribution is 0.252. The Hall–Kier alpha value is -1.87. The van der Waals surface area contributed by atoms with Crippen LogP contribution in [0.15, 0.2) is 42.9 Å². The van der Waals surface area contributed by atoms with E-state index in [0.717, 1.165) is 17.3 Å². The van der Waals surface area contributed by atoms with Gasteiger partial charge in [0, 0.05) is 18.3 Å². The van der Waals surface area contributed by atoms with Crippen molar-refractivity contribution in [3.63, 3.8) is 0 Å². The topological polar surface area (TPSA) is 30.2 Å². The summed E-state index contributed by atoms with van der Waals surface area (Å²) in [6.07, 6.45) is 9.10. The van der Waals surface area contributed by atoms with Gasteiger partial charge in [-0.2, -0.15) is 0 Å². The lowest BCUT2D eigenvalue weighted by atomic mass is 9.71. The van der Waals surface area contributed by atoms with Crippen LogP contribution in [-0.2, 0) is 6.42 Å². The van der Waals surface area contributed by atoms with Gasteiger partial charge in [0.25, 0.3) is 0 Å². The monoisotopic (exact) mass is 311 g/mol. The highest BCUT2D eigenvalue weighted by Gasteiger charge is 2.33. The summed E-state index contributed by atoms with van der Waals surface area (Å²) in [7, 11) is 0. The largest absolute Gasteiger partial charge is 0.299 e. The van der Waals surface area contributed by atoms with Crippen LogP contribution < -0.4 is 0 Å². The molecule has 1 saturated carbocycles. The third-order valence-electron chi connectivity index (χ3n) is 4.69. The van der Waals surface area contributed by atoms with E-state index in [1.54, 1.807) is 6.20 Å². The van der Waals surface area contributed by atoms with Crippen LogP contribution in [-0.4, -0.2) is 14.4 Å². The molecule has 112 valence electrons. The number of halogens is 1. The SMILES string of the molecule is Cc1ccc(CC2CC(c3ncc4c(Cl)nccn34)C2)cc1. The third kappa shape index (κ3) is 2.40. The van der Waals surface area contributed by atoms with Gasteiger partial charge in [0.1, 0.15) is 11.3 Å². The number of rotatable bonds is 3. The Kier molecular flexibility index (Phi) is 3.38. The van der Waals surface area contributed by atoms with Crippen molar-refractivity contribution in [2.24, 2.45) is 5.92 Å². The number of aromatic nitrogens is 3. The van der Waals surface area contributed by atoms with Crippen LogP contribution in [0, 0.1) is 12.8 Å². The highest BCUT2D eigenvalue weighted by molar-refractivity contribution is 6.32. The van der Waals surface area contributed by atoms with Gasteiger partial charge in [-0.1, -0.05) is 41.4 Å². The quantitative estimate of drug-likeness (QED) is 0.716. The van der Waals surface area contributed by atoms with Gasteiger partial charge in [0.15, 0.2) is 5.15 Å². The summed E-state index contributed by atoms with van der Waals surface area (Å²) < 4.78 is 2.09. The van der Waals surface area contributed by atoms with Gasteiger partial charge in [-0.15, -0.1) is 0 Å². The molecule has 3 aromatic rings. The van der Waals surface area contributed by atoms with Crippen LogP contribution in [0.1, 0.15) is 35.7 Å². The summed E-state index contributed by atoms with van der Waals surface area (Å²) in [5.74, 6) is 2.42. The minimum atomic E-state index is 0.525. The summed E-state index contributed by atoms with van der Waals surface area (Å²) in [6, 6.07) is 8.89. The standard InChI is InChI=1S/C18H18ClN3/c1-12-2-4-13(5-3-12)8-14-9-15(10-14)18-21-11-16-17(19)20-6-7-22(16)18/h2-7,11,14-15H,8-10H2,1H3. The first kappa shape index (κ1) is 13.8. The lowest BCUT2D eigenvalue weighted by Gasteiger charge is -2.34. The van der Waals surface area contributed by atoms with E-state index in [4.69, 9.17) is 11.6 Å². The number of nitrogens with zero attached hydrogens (tertiary/aromatic N) is 3. The van der Waals surface area contributed by atoms with E-state index in [9.17, 15) is 0 Å². The minimum Gasteiger partial charge on any atom is -0.299 e. The van der Waals surface area contributed by atoms with E-state index in [0.29, 0.717) is 11.1 Å². The van der Waals surface area contributed by atoms with E-state index >= 15 is 0 Å². The minimum absolute atomic E-state index is 0.525. The number of hydrogen-bond acceptors (Lipinski definition) is 2. The Balaban J connectivity index is 1.46. The van der Waals surface area contributed by atoms with Crippen molar-refractivity contribution in [3.8, 4) is 0 Å². The molecule has 22 heavy (non-hydrogen) atoms. The van der Waals surface area contributed by atoms with Crippen molar-refractivity contribution in [1.29, 1.82) is 0 Å². The fraction of sp³-hybridized carbons (Fsp3) is 0.333. The van der Waals surface area contributed by atoms with Crippen molar-refractivity contribution >= 4 is 17.1 Å². The Bertz CT molecular complexity index is 801. The van der Waals surface area contributed by atoms with Gasteiger partial charge < -0.3 is 0 Å². The maximum Gasteiger partial charge on any atom is 0.154 e. The second-order valence-electron chi connectivity index (χ2n) is 6.31. The molecule has 3 nitrogen and oxygen atoms in total. The molecular weight excluding hydrogens is 294 g/mol. The molecule has 0 spiro atoms. The fourth-order valence-corrected chi connectivity index (χ4v) is 3.58. The number of fused-ring (bicyclic) bond motifs is 1. The van der Waals surface area contributed by atoms with E-state index in [1.807, 2.05) is 12.4 Å². The van der Waals surface area contributed by atoms with Gasteiger partial charge in [0.05, 0.1) is 6.20 Å². The Morgan fingerprint density at radius 1 is 1.18 bits per heavy atom.